The molecule has 0 radical (unpaired) electrons. The van der Waals surface area contributed by atoms with Gasteiger partial charge in [0.2, 0.25) is 0 Å². The number of aryl methyl sites for hydroxylation is 2. The van der Waals surface area contributed by atoms with Crippen LogP contribution in [-0.4, -0.2) is 11.1 Å². The summed E-state index contributed by atoms with van der Waals surface area (Å²) >= 11 is 1.57. The number of nitrogens with zero attached hydrogens (tertiary/aromatic N) is 3. The summed E-state index contributed by atoms with van der Waals surface area (Å²) in [5, 5.41) is 21.3. The fourth-order valence-electron chi connectivity index (χ4n) is 3.02. The molecule has 0 saturated carbocycles. The van der Waals surface area contributed by atoms with E-state index in [0.717, 1.165) is 31.2 Å². The average molecular weight is 339 g/mol. The van der Waals surface area contributed by atoms with E-state index in [9.17, 15) is 15.4 Å². The van der Waals surface area contributed by atoms with E-state index in [-0.39, 0.29) is 10.6 Å². The first-order valence-electron chi connectivity index (χ1n) is 8.00. The van der Waals surface area contributed by atoms with E-state index < -0.39 is 0 Å². The maximum Gasteiger partial charge on any atom is 0.273 e. The van der Waals surface area contributed by atoms with Gasteiger partial charge >= 0.3 is 0 Å². The summed E-state index contributed by atoms with van der Waals surface area (Å²) in [6, 6.07) is 7.42. The quantitative estimate of drug-likeness (QED) is 0.459. The van der Waals surface area contributed by atoms with Crippen molar-refractivity contribution >= 4 is 28.2 Å². The molecule has 1 aromatic carbocycles. The van der Waals surface area contributed by atoms with Gasteiger partial charge in [0.05, 0.1) is 10.5 Å². The second-order valence-electron chi connectivity index (χ2n) is 5.76. The number of nitriles is 1. The van der Waals surface area contributed by atoms with Gasteiger partial charge in [0, 0.05) is 22.7 Å². The predicted molar refractivity (Wildman–Crippen MR) is 95.4 cm³/mol. The largest absolute Gasteiger partial charge is 0.273 e. The topological polar surface area (TPSA) is 79.3 Å². The molecule has 0 saturated heterocycles. The highest BCUT2D eigenvalue weighted by Crippen LogP contribution is 2.39. The fraction of sp³-hybridized carbons (Fsp3) is 0.333. The van der Waals surface area contributed by atoms with Gasteiger partial charge in [-0.1, -0.05) is 19.1 Å². The molecule has 2 aromatic rings. The Morgan fingerprint density at radius 3 is 2.92 bits per heavy atom. The molecule has 0 fully saturated rings. The lowest BCUT2D eigenvalue weighted by Gasteiger charge is -2.09. The molecule has 3 rings (SSSR count). The number of benzene rings is 1. The van der Waals surface area contributed by atoms with Crippen LogP contribution in [0.2, 0.25) is 0 Å². The third-order valence-corrected chi connectivity index (χ3v) is 5.48. The summed E-state index contributed by atoms with van der Waals surface area (Å²) in [6.45, 7) is 1.89. The molecular weight excluding hydrogens is 322 g/mol. The number of thiophene rings is 1. The van der Waals surface area contributed by atoms with Crippen LogP contribution in [0.15, 0.2) is 23.2 Å². The number of rotatable bonds is 4. The van der Waals surface area contributed by atoms with Crippen molar-refractivity contribution in [2.45, 2.75) is 39.0 Å². The standard InChI is InChI=1S/C18H17N3O2S/c1-2-13-8-7-12(9-16(13)21(22)23)11-20-18-15(10-19)14-5-3-4-6-17(14)24-18/h7-9,11H,2-6H2,1H3/b20-11+. The van der Waals surface area contributed by atoms with Crippen LogP contribution in [0.1, 0.15) is 46.9 Å². The highest BCUT2D eigenvalue weighted by molar-refractivity contribution is 7.16. The van der Waals surface area contributed by atoms with Crippen molar-refractivity contribution in [2.24, 2.45) is 4.99 Å². The Labute approximate surface area is 144 Å². The zero-order chi connectivity index (χ0) is 17.1. The Balaban J connectivity index is 1.94. The first-order chi connectivity index (χ1) is 11.6. The van der Waals surface area contributed by atoms with E-state index in [1.165, 1.54) is 4.88 Å². The van der Waals surface area contributed by atoms with Crippen molar-refractivity contribution in [2.75, 3.05) is 0 Å². The number of hydrogen-bond donors (Lipinski definition) is 0. The zero-order valence-corrected chi connectivity index (χ0v) is 14.2. The van der Waals surface area contributed by atoms with Crippen molar-refractivity contribution in [1.82, 2.24) is 0 Å². The van der Waals surface area contributed by atoms with E-state index in [1.54, 1.807) is 29.7 Å². The summed E-state index contributed by atoms with van der Waals surface area (Å²) in [7, 11) is 0. The molecule has 0 aliphatic heterocycles. The SMILES string of the molecule is CCc1ccc(/C=N/c2sc3c(c2C#N)CCCC3)cc1[N+](=O)[O-]. The Morgan fingerprint density at radius 2 is 2.21 bits per heavy atom. The van der Waals surface area contributed by atoms with Gasteiger partial charge in [-0.2, -0.15) is 5.26 Å². The van der Waals surface area contributed by atoms with Gasteiger partial charge in [-0.05, 0) is 43.2 Å². The lowest BCUT2D eigenvalue weighted by molar-refractivity contribution is -0.385. The van der Waals surface area contributed by atoms with Crippen molar-refractivity contribution < 1.29 is 4.92 Å². The van der Waals surface area contributed by atoms with Crippen molar-refractivity contribution in [3.8, 4) is 6.07 Å². The van der Waals surface area contributed by atoms with Crippen LogP contribution in [0.3, 0.4) is 0 Å². The second kappa shape index (κ2) is 6.93. The number of hydrogen-bond acceptors (Lipinski definition) is 5. The van der Waals surface area contributed by atoms with Gasteiger partial charge < -0.3 is 0 Å². The third-order valence-electron chi connectivity index (χ3n) is 4.28. The van der Waals surface area contributed by atoms with Crippen LogP contribution in [0, 0.1) is 21.4 Å². The summed E-state index contributed by atoms with van der Waals surface area (Å²) in [5.41, 5.74) is 3.32. The molecular formula is C18H17N3O2S. The highest BCUT2D eigenvalue weighted by atomic mass is 32.1. The van der Waals surface area contributed by atoms with Crippen LogP contribution >= 0.6 is 11.3 Å². The Kier molecular flexibility index (Phi) is 4.72. The molecule has 1 aliphatic rings. The highest BCUT2D eigenvalue weighted by Gasteiger charge is 2.20. The number of fused-ring (bicyclic) bond motifs is 1. The summed E-state index contributed by atoms with van der Waals surface area (Å²) in [6.07, 6.45) is 6.47. The van der Waals surface area contributed by atoms with Crippen molar-refractivity contribution in [3.05, 3.63) is 55.4 Å². The second-order valence-corrected chi connectivity index (χ2v) is 6.84. The molecule has 1 aromatic heterocycles. The van der Waals surface area contributed by atoms with Gasteiger partial charge in [0.15, 0.2) is 0 Å². The maximum absolute atomic E-state index is 11.2. The van der Waals surface area contributed by atoms with Crippen molar-refractivity contribution in [3.63, 3.8) is 0 Å². The summed E-state index contributed by atoms with van der Waals surface area (Å²) in [4.78, 5) is 16.5. The minimum absolute atomic E-state index is 0.118. The first-order valence-corrected chi connectivity index (χ1v) is 8.81. The van der Waals surface area contributed by atoms with Crippen LogP contribution in [0.4, 0.5) is 10.7 Å². The molecule has 1 heterocycles. The van der Waals surface area contributed by atoms with Gasteiger partial charge in [0.25, 0.3) is 5.69 Å². The van der Waals surface area contributed by atoms with Gasteiger partial charge in [0.1, 0.15) is 11.1 Å². The molecule has 5 nitrogen and oxygen atoms in total. The number of nitro benzene ring substituents is 1. The smallest absolute Gasteiger partial charge is 0.258 e. The minimum Gasteiger partial charge on any atom is -0.258 e. The molecule has 0 unspecified atom stereocenters. The first kappa shape index (κ1) is 16.3. The van der Waals surface area contributed by atoms with Crippen LogP contribution in [-0.2, 0) is 19.3 Å². The molecule has 0 atom stereocenters. The molecule has 6 heteroatoms. The normalized spacial score (nSPS) is 13.7. The van der Waals surface area contributed by atoms with E-state index in [4.69, 9.17) is 0 Å². The molecule has 0 spiro atoms. The monoisotopic (exact) mass is 339 g/mol. The molecule has 122 valence electrons. The Bertz CT molecular complexity index is 862. The average Bonchev–Trinajstić information content (AvgIpc) is 2.97. The molecule has 0 N–H and O–H groups in total. The van der Waals surface area contributed by atoms with E-state index in [1.807, 2.05) is 13.0 Å². The lowest BCUT2D eigenvalue weighted by atomic mass is 9.96. The number of nitro groups is 1. The minimum atomic E-state index is -0.360. The van der Waals surface area contributed by atoms with Crippen LogP contribution in [0.25, 0.3) is 0 Å². The third kappa shape index (κ3) is 3.08. The Morgan fingerprint density at radius 1 is 1.42 bits per heavy atom. The van der Waals surface area contributed by atoms with E-state index in [0.29, 0.717) is 28.1 Å². The van der Waals surface area contributed by atoms with Crippen LogP contribution < -0.4 is 0 Å². The Hall–Kier alpha value is -2.52. The summed E-state index contributed by atoms with van der Waals surface area (Å²) < 4.78 is 0. The summed E-state index contributed by atoms with van der Waals surface area (Å²) in [5.74, 6) is 0. The zero-order valence-electron chi connectivity index (χ0n) is 13.4. The molecule has 1 aliphatic carbocycles. The fourth-order valence-corrected chi connectivity index (χ4v) is 4.20. The van der Waals surface area contributed by atoms with Gasteiger partial charge in [-0.25, -0.2) is 4.99 Å². The van der Waals surface area contributed by atoms with E-state index >= 15 is 0 Å². The molecule has 0 bridgehead atoms. The predicted octanol–water partition coefficient (Wildman–Crippen LogP) is 4.72. The number of aliphatic imine (C=N–C) groups is 1. The van der Waals surface area contributed by atoms with E-state index in [2.05, 4.69) is 11.1 Å². The van der Waals surface area contributed by atoms with Crippen LogP contribution in [0.5, 0.6) is 0 Å². The maximum atomic E-state index is 11.2. The van der Waals surface area contributed by atoms with Crippen molar-refractivity contribution in [1.29, 1.82) is 5.26 Å². The lowest BCUT2D eigenvalue weighted by Crippen LogP contribution is -1.99. The molecule has 24 heavy (non-hydrogen) atoms. The van der Waals surface area contributed by atoms with Gasteiger partial charge in [-0.15, -0.1) is 11.3 Å². The van der Waals surface area contributed by atoms with Gasteiger partial charge in [-0.3, -0.25) is 10.1 Å². The molecule has 0 amide bonds.